The van der Waals surface area contributed by atoms with Gasteiger partial charge in [0, 0.05) is 44.0 Å². The van der Waals surface area contributed by atoms with E-state index in [1.54, 1.807) is 30.5 Å². The molecule has 3 heterocycles. The van der Waals surface area contributed by atoms with Gasteiger partial charge in [0.15, 0.2) is 0 Å². The van der Waals surface area contributed by atoms with E-state index in [2.05, 4.69) is 4.98 Å². The zero-order chi connectivity index (χ0) is 23.3. The van der Waals surface area contributed by atoms with Crippen LogP contribution >= 0.6 is 7.67 Å². The van der Waals surface area contributed by atoms with E-state index in [1.807, 2.05) is 39.7 Å². The smallest absolute Gasteiger partial charge is 0.346 e. The number of pyridine rings is 1. The van der Waals surface area contributed by atoms with Crippen molar-refractivity contribution in [1.82, 2.24) is 14.3 Å². The van der Waals surface area contributed by atoms with Crippen LogP contribution in [0.25, 0.3) is 11.3 Å². The summed E-state index contributed by atoms with van der Waals surface area (Å²) >= 11 is 0. The maximum atomic E-state index is 13.5. The standard InChI is InChI=1S/C24H23N4O5P/c29-28(30)22-15-18-6-9-23(33-34(31,26-11-12-26)27-13-14-27)20(18)16-24(22)32-19-7-4-17(5-8-19)21-3-1-2-10-25-21/h1-5,7-8,10,15-16,23H,6,9,11-14H2/t23-/m1/s1. The average Bonchev–Trinajstić information content (AvgIpc) is 3.77. The highest BCUT2D eigenvalue weighted by molar-refractivity contribution is 7.54. The molecule has 1 aliphatic carbocycles. The molecule has 2 aliphatic heterocycles. The molecule has 6 rings (SSSR count). The Bertz CT molecular complexity index is 1280. The third-order valence-electron chi connectivity index (χ3n) is 6.31. The number of aromatic nitrogens is 1. The maximum absolute atomic E-state index is 13.5. The van der Waals surface area contributed by atoms with Gasteiger partial charge in [-0.15, -0.1) is 0 Å². The molecule has 2 aromatic carbocycles. The van der Waals surface area contributed by atoms with Crippen molar-refractivity contribution in [2.24, 2.45) is 0 Å². The van der Waals surface area contributed by atoms with Crippen molar-refractivity contribution >= 4 is 13.4 Å². The number of benzene rings is 2. The number of ether oxygens (including phenoxy) is 1. The highest BCUT2D eigenvalue weighted by atomic mass is 31.2. The highest BCUT2D eigenvalue weighted by Crippen LogP contribution is 2.64. The van der Waals surface area contributed by atoms with Gasteiger partial charge in [-0.1, -0.05) is 6.07 Å². The number of aryl methyl sites for hydroxylation is 1. The Morgan fingerprint density at radius 1 is 1.03 bits per heavy atom. The topological polar surface area (TPSA) is 97.6 Å². The van der Waals surface area contributed by atoms with E-state index in [0.29, 0.717) is 18.6 Å². The summed E-state index contributed by atoms with van der Waals surface area (Å²) in [5.41, 5.74) is 3.33. The minimum Gasteiger partial charge on any atom is -0.450 e. The zero-order valence-corrected chi connectivity index (χ0v) is 19.3. The lowest BCUT2D eigenvalue weighted by atomic mass is 10.1. The maximum Gasteiger partial charge on any atom is 0.346 e. The first-order valence-electron chi connectivity index (χ1n) is 11.3. The lowest BCUT2D eigenvalue weighted by Gasteiger charge is -2.24. The highest BCUT2D eigenvalue weighted by Gasteiger charge is 2.51. The molecule has 0 bridgehead atoms. The zero-order valence-electron chi connectivity index (χ0n) is 18.4. The minimum absolute atomic E-state index is 0.0896. The van der Waals surface area contributed by atoms with Crippen molar-refractivity contribution in [1.29, 1.82) is 0 Å². The molecule has 0 spiro atoms. The summed E-state index contributed by atoms with van der Waals surface area (Å²) in [6, 6.07) is 16.2. The van der Waals surface area contributed by atoms with Crippen molar-refractivity contribution < 1.29 is 18.7 Å². The number of nitro groups is 1. The average molecular weight is 478 g/mol. The number of rotatable bonds is 8. The van der Waals surface area contributed by atoms with Crippen LogP contribution in [0, 0.1) is 10.1 Å². The van der Waals surface area contributed by atoms with Crippen molar-refractivity contribution in [2.45, 2.75) is 18.9 Å². The first-order chi connectivity index (χ1) is 16.5. The van der Waals surface area contributed by atoms with E-state index in [4.69, 9.17) is 9.26 Å². The normalized spacial score (nSPS) is 19.6. The number of nitrogens with zero attached hydrogens (tertiary/aromatic N) is 4. The molecule has 3 aromatic rings. The minimum atomic E-state index is -3.01. The summed E-state index contributed by atoms with van der Waals surface area (Å²) < 4.78 is 29.4. The Labute approximate surface area is 196 Å². The number of hydrogen-bond donors (Lipinski definition) is 0. The lowest BCUT2D eigenvalue weighted by molar-refractivity contribution is -0.385. The van der Waals surface area contributed by atoms with Gasteiger partial charge in [-0.2, -0.15) is 0 Å². The fraction of sp³-hybridized carbons (Fsp3) is 0.292. The third kappa shape index (κ3) is 4.01. The Morgan fingerprint density at radius 2 is 1.76 bits per heavy atom. The van der Waals surface area contributed by atoms with Gasteiger partial charge in [0.05, 0.1) is 16.7 Å². The molecule has 2 saturated heterocycles. The molecule has 34 heavy (non-hydrogen) atoms. The second kappa shape index (κ2) is 8.29. The summed E-state index contributed by atoms with van der Waals surface area (Å²) in [7, 11) is -3.01. The summed E-state index contributed by atoms with van der Waals surface area (Å²) in [6.45, 7) is 3.10. The molecule has 1 atom stereocenters. The van der Waals surface area contributed by atoms with Gasteiger partial charge in [0.2, 0.25) is 5.75 Å². The van der Waals surface area contributed by atoms with Crippen LogP contribution in [0.2, 0.25) is 0 Å². The van der Waals surface area contributed by atoms with Crippen molar-refractivity contribution in [2.75, 3.05) is 26.2 Å². The Kier molecular flexibility index (Phi) is 5.22. The van der Waals surface area contributed by atoms with Crippen LogP contribution in [0.5, 0.6) is 11.5 Å². The van der Waals surface area contributed by atoms with E-state index < -0.39 is 12.6 Å². The van der Waals surface area contributed by atoms with Gasteiger partial charge in [-0.3, -0.25) is 24.2 Å². The molecule has 174 valence electrons. The summed E-state index contributed by atoms with van der Waals surface area (Å²) in [6.07, 6.45) is 2.63. The molecule has 10 heteroatoms. The second-order valence-electron chi connectivity index (χ2n) is 8.65. The van der Waals surface area contributed by atoms with E-state index in [1.165, 1.54) is 0 Å². The molecule has 0 unspecified atom stereocenters. The van der Waals surface area contributed by atoms with Crippen LogP contribution in [0.4, 0.5) is 5.69 Å². The van der Waals surface area contributed by atoms with Gasteiger partial charge in [-0.05, 0) is 66.4 Å². The molecule has 1 aromatic heterocycles. The van der Waals surface area contributed by atoms with Crippen LogP contribution in [-0.4, -0.2) is 45.4 Å². The molecule has 9 nitrogen and oxygen atoms in total. The molecule has 0 radical (unpaired) electrons. The molecule has 0 N–H and O–H groups in total. The van der Waals surface area contributed by atoms with Gasteiger partial charge in [-0.25, -0.2) is 9.34 Å². The number of nitro benzene ring substituents is 1. The largest absolute Gasteiger partial charge is 0.450 e. The Hall–Kier alpha value is -3.10. The fourth-order valence-electron chi connectivity index (χ4n) is 4.35. The summed E-state index contributed by atoms with van der Waals surface area (Å²) in [5, 5.41) is 11.8. The van der Waals surface area contributed by atoms with Gasteiger partial charge in [0.1, 0.15) is 5.75 Å². The van der Waals surface area contributed by atoms with Crippen LogP contribution in [0.15, 0.2) is 60.8 Å². The summed E-state index contributed by atoms with van der Waals surface area (Å²) in [5.74, 6) is 0.634. The quantitative estimate of drug-likeness (QED) is 0.189. The summed E-state index contributed by atoms with van der Waals surface area (Å²) in [4.78, 5) is 15.7. The Morgan fingerprint density at radius 3 is 2.38 bits per heavy atom. The number of hydrogen-bond acceptors (Lipinski definition) is 6. The van der Waals surface area contributed by atoms with Crippen LogP contribution < -0.4 is 4.74 Å². The first-order valence-corrected chi connectivity index (χ1v) is 12.8. The van der Waals surface area contributed by atoms with E-state index in [-0.39, 0.29) is 17.5 Å². The van der Waals surface area contributed by atoms with Crippen LogP contribution in [0.1, 0.15) is 23.7 Å². The van der Waals surface area contributed by atoms with Gasteiger partial charge >= 0.3 is 13.4 Å². The van der Waals surface area contributed by atoms with E-state index >= 15 is 0 Å². The predicted octanol–water partition coefficient (Wildman–Crippen LogP) is 5.19. The number of fused-ring (bicyclic) bond motifs is 1. The van der Waals surface area contributed by atoms with Crippen molar-refractivity contribution in [3.05, 3.63) is 82.0 Å². The van der Waals surface area contributed by atoms with E-state index in [9.17, 15) is 14.7 Å². The lowest BCUT2D eigenvalue weighted by Crippen LogP contribution is -2.11. The fourth-order valence-corrected chi connectivity index (χ4v) is 6.71. The third-order valence-corrected chi connectivity index (χ3v) is 9.07. The van der Waals surface area contributed by atoms with Crippen molar-refractivity contribution in [3.8, 4) is 22.8 Å². The van der Waals surface area contributed by atoms with Crippen LogP contribution in [-0.2, 0) is 15.5 Å². The monoisotopic (exact) mass is 478 g/mol. The van der Waals surface area contributed by atoms with Crippen LogP contribution in [0.3, 0.4) is 0 Å². The molecule has 0 saturated carbocycles. The second-order valence-corrected chi connectivity index (χ2v) is 11.0. The Balaban J connectivity index is 1.28. The molecule has 0 amide bonds. The van der Waals surface area contributed by atoms with E-state index in [0.717, 1.165) is 48.6 Å². The molecule has 3 aliphatic rings. The molecule has 2 fully saturated rings. The van der Waals surface area contributed by atoms with Gasteiger partial charge in [0.25, 0.3) is 0 Å². The predicted molar refractivity (Wildman–Crippen MR) is 126 cm³/mol. The molecular weight excluding hydrogens is 455 g/mol. The SMILES string of the molecule is O=[N+]([O-])c1cc2c(cc1Oc1ccc(-c3ccccn3)cc1)[C@H](OP(=O)(N1CC1)N1CC1)CC2. The van der Waals surface area contributed by atoms with Crippen molar-refractivity contribution in [3.63, 3.8) is 0 Å². The van der Waals surface area contributed by atoms with Gasteiger partial charge < -0.3 is 4.74 Å². The first kappa shape index (κ1) is 21.4. The molecular formula is C24H23N4O5P.